The molecule has 5 rings (SSSR count). The average Bonchev–Trinajstić information content (AvgIpc) is 3.22. The molecule has 6 atom stereocenters. The lowest BCUT2D eigenvalue weighted by atomic mass is 9.48. The zero-order chi connectivity index (χ0) is 20.6. The topological polar surface area (TPSA) is 69.7 Å². The molecular formula is C24H30O5. The summed E-state index contributed by atoms with van der Waals surface area (Å²) in [5, 5.41) is 0. The Balaban J connectivity index is 1.63. The predicted molar refractivity (Wildman–Crippen MR) is 106 cm³/mol. The van der Waals surface area contributed by atoms with E-state index in [2.05, 4.69) is 19.9 Å². The molecule has 5 unspecified atom stereocenters. The number of hydrogen-bond donors (Lipinski definition) is 0. The van der Waals surface area contributed by atoms with E-state index >= 15 is 0 Å². The predicted octanol–water partition coefficient (Wildman–Crippen LogP) is 3.91. The van der Waals surface area contributed by atoms with E-state index < -0.39 is 5.60 Å². The Morgan fingerprint density at radius 1 is 1.17 bits per heavy atom. The fourth-order valence-corrected chi connectivity index (χ4v) is 7.53. The van der Waals surface area contributed by atoms with Crippen LogP contribution in [0.15, 0.2) is 23.3 Å². The van der Waals surface area contributed by atoms with Crippen molar-refractivity contribution in [3.8, 4) is 0 Å². The fourth-order valence-electron chi connectivity index (χ4n) is 7.53. The molecule has 0 aromatic rings. The van der Waals surface area contributed by atoms with Crippen molar-refractivity contribution in [1.29, 1.82) is 0 Å². The van der Waals surface area contributed by atoms with Crippen LogP contribution in [0.3, 0.4) is 0 Å². The van der Waals surface area contributed by atoms with Gasteiger partial charge in [0.05, 0.1) is 13.0 Å². The number of allylic oxidation sites excluding steroid dienone is 4. The number of methoxy groups -OCH3 is 1. The van der Waals surface area contributed by atoms with Gasteiger partial charge in [0.1, 0.15) is 5.60 Å². The van der Waals surface area contributed by atoms with Crippen LogP contribution in [0.5, 0.6) is 0 Å². The smallest absolute Gasteiger partial charge is 0.309 e. The van der Waals surface area contributed by atoms with Crippen LogP contribution < -0.4 is 0 Å². The van der Waals surface area contributed by atoms with Gasteiger partial charge in [-0.25, -0.2) is 0 Å². The molecule has 0 radical (unpaired) electrons. The van der Waals surface area contributed by atoms with Crippen molar-refractivity contribution >= 4 is 17.7 Å². The molecule has 0 N–H and O–H groups in total. The number of hydrogen-bond acceptors (Lipinski definition) is 5. The summed E-state index contributed by atoms with van der Waals surface area (Å²) < 4.78 is 11.2. The molecule has 5 nitrogen and oxygen atoms in total. The Bertz CT molecular complexity index is 868. The molecule has 1 aliphatic heterocycles. The van der Waals surface area contributed by atoms with E-state index in [4.69, 9.17) is 9.47 Å². The maximum Gasteiger partial charge on any atom is 0.309 e. The molecule has 1 spiro atoms. The van der Waals surface area contributed by atoms with E-state index in [9.17, 15) is 14.4 Å². The van der Waals surface area contributed by atoms with Crippen molar-refractivity contribution in [1.82, 2.24) is 0 Å². The van der Waals surface area contributed by atoms with Crippen molar-refractivity contribution in [2.75, 3.05) is 7.11 Å². The number of esters is 2. The average molecular weight is 398 g/mol. The van der Waals surface area contributed by atoms with Gasteiger partial charge in [0.2, 0.25) is 0 Å². The summed E-state index contributed by atoms with van der Waals surface area (Å²) in [5.74, 6) is 0.00356. The third kappa shape index (κ3) is 2.36. The largest absolute Gasteiger partial charge is 0.469 e. The van der Waals surface area contributed by atoms with Crippen LogP contribution in [0.25, 0.3) is 0 Å². The second kappa shape index (κ2) is 6.05. The van der Waals surface area contributed by atoms with Gasteiger partial charge in [-0.2, -0.15) is 0 Å². The maximum absolute atomic E-state index is 12.9. The Hall–Kier alpha value is -1.91. The quantitative estimate of drug-likeness (QED) is 0.495. The summed E-state index contributed by atoms with van der Waals surface area (Å²) in [6, 6.07) is 0. The maximum atomic E-state index is 12.9. The third-order valence-corrected chi connectivity index (χ3v) is 9.23. The first-order valence-corrected chi connectivity index (χ1v) is 11.0. The first kappa shape index (κ1) is 19.1. The molecule has 0 bridgehead atoms. The molecule has 29 heavy (non-hydrogen) atoms. The highest BCUT2D eigenvalue weighted by atomic mass is 16.6. The number of ether oxygens (including phenoxy) is 2. The van der Waals surface area contributed by atoms with Crippen LogP contribution in [0.2, 0.25) is 0 Å². The summed E-state index contributed by atoms with van der Waals surface area (Å²) >= 11 is 0. The van der Waals surface area contributed by atoms with Crippen molar-refractivity contribution in [2.24, 2.45) is 28.6 Å². The lowest BCUT2D eigenvalue weighted by Crippen LogP contribution is -2.53. The van der Waals surface area contributed by atoms with Crippen LogP contribution in [-0.4, -0.2) is 30.4 Å². The molecular weight excluding hydrogens is 368 g/mol. The summed E-state index contributed by atoms with van der Waals surface area (Å²) in [6.45, 7) is 4.52. The highest BCUT2D eigenvalue weighted by molar-refractivity contribution is 5.92. The van der Waals surface area contributed by atoms with Crippen LogP contribution in [0, 0.1) is 28.6 Å². The lowest BCUT2D eigenvalue weighted by molar-refractivity contribution is -0.163. The van der Waals surface area contributed by atoms with E-state index in [0.717, 1.165) is 37.7 Å². The van der Waals surface area contributed by atoms with Gasteiger partial charge in [-0.1, -0.05) is 31.1 Å². The lowest BCUT2D eigenvalue weighted by Gasteiger charge is -2.56. The Kier molecular flexibility index (Phi) is 3.98. The number of carbonyl (C=O) groups excluding carboxylic acids is 3. The molecule has 5 aliphatic rings. The third-order valence-electron chi connectivity index (χ3n) is 9.23. The first-order valence-electron chi connectivity index (χ1n) is 11.0. The zero-order valence-corrected chi connectivity index (χ0v) is 17.6. The number of rotatable bonds is 1. The molecule has 3 fully saturated rings. The molecule has 0 amide bonds. The summed E-state index contributed by atoms with van der Waals surface area (Å²) in [6.07, 6.45) is 10.1. The van der Waals surface area contributed by atoms with Crippen LogP contribution in [0.4, 0.5) is 0 Å². The summed E-state index contributed by atoms with van der Waals surface area (Å²) in [4.78, 5) is 37.1. The zero-order valence-electron chi connectivity index (χ0n) is 17.6. The molecule has 156 valence electrons. The van der Waals surface area contributed by atoms with Crippen LogP contribution in [0.1, 0.15) is 65.2 Å². The molecule has 1 heterocycles. The van der Waals surface area contributed by atoms with Crippen LogP contribution in [-0.2, 0) is 23.9 Å². The van der Waals surface area contributed by atoms with Crippen molar-refractivity contribution in [3.05, 3.63) is 23.3 Å². The molecule has 0 aromatic carbocycles. The van der Waals surface area contributed by atoms with Crippen molar-refractivity contribution < 1.29 is 23.9 Å². The molecule has 0 aromatic heterocycles. The minimum atomic E-state index is -0.392. The van der Waals surface area contributed by atoms with Gasteiger partial charge in [-0.15, -0.1) is 0 Å². The normalized spacial score (nSPS) is 45.7. The van der Waals surface area contributed by atoms with E-state index in [1.54, 1.807) is 6.08 Å². The molecule has 1 saturated heterocycles. The van der Waals surface area contributed by atoms with Crippen LogP contribution >= 0.6 is 0 Å². The van der Waals surface area contributed by atoms with Gasteiger partial charge in [0.25, 0.3) is 0 Å². The second-order valence-electron chi connectivity index (χ2n) is 10.2. The fraction of sp³-hybridized carbons (Fsp3) is 0.708. The van der Waals surface area contributed by atoms with E-state index in [-0.39, 0.29) is 46.3 Å². The Morgan fingerprint density at radius 3 is 2.66 bits per heavy atom. The minimum Gasteiger partial charge on any atom is -0.469 e. The van der Waals surface area contributed by atoms with Gasteiger partial charge in [-0.05, 0) is 56.4 Å². The highest BCUT2D eigenvalue weighted by Gasteiger charge is 2.67. The summed E-state index contributed by atoms with van der Waals surface area (Å²) in [7, 11) is 1.46. The number of carbonyl (C=O) groups is 3. The van der Waals surface area contributed by atoms with Crippen molar-refractivity contribution in [2.45, 2.75) is 70.8 Å². The second-order valence-corrected chi connectivity index (χ2v) is 10.2. The van der Waals surface area contributed by atoms with Gasteiger partial charge >= 0.3 is 11.9 Å². The molecule has 4 aliphatic carbocycles. The molecule has 5 heteroatoms. The minimum absolute atomic E-state index is 0.0854. The highest BCUT2D eigenvalue weighted by Crippen LogP contribution is 2.69. The standard InChI is InChI=1S/C24H30O5/c1-22-8-4-15(25)12-14(22)13-16(21(27)28-3)20-17(22)5-9-23(2)18(20)6-10-24(23)11-7-19(26)29-24/h5,12,16,18,20H,4,6-11,13H2,1-3H3/t16?,18?,20?,22?,23?,24-/m1/s1. The van der Waals surface area contributed by atoms with E-state index in [1.165, 1.54) is 12.7 Å². The number of fused-ring (bicyclic) bond motifs is 6. The first-order chi connectivity index (χ1) is 13.7. The SMILES string of the molecule is COC(=O)C1CC2=CC(=O)CCC2(C)C2=CCC3(C)C(CC[C@@]34CCC(=O)O4)C21. The molecule has 2 saturated carbocycles. The Morgan fingerprint density at radius 2 is 1.97 bits per heavy atom. The summed E-state index contributed by atoms with van der Waals surface area (Å²) in [5.41, 5.74) is 1.72. The van der Waals surface area contributed by atoms with Crippen molar-refractivity contribution in [3.63, 3.8) is 0 Å². The van der Waals surface area contributed by atoms with Gasteiger partial charge in [-0.3, -0.25) is 14.4 Å². The van der Waals surface area contributed by atoms with Gasteiger partial charge in [0, 0.05) is 23.7 Å². The van der Waals surface area contributed by atoms with Gasteiger partial charge < -0.3 is 9.47 Å². The number of ketones is 1. The van der Waals surface area contributed by atoms with E-state index in [1.807, 2.05) is 0 Å². The van der Waals surface area contributed by atoms with Gasteiger partial charge in [0.15, 0.2) is 5.78 Å². The van der Waals surface area contributed by atoms with E-state index in [0.29, 0.717) is 19.3 Å². The Labute approximate surface area is 171 Å². The monoisotopic (exact) mass is 398 g/mol.